The van der Waals surface area contributed by atoms with Crippen molar-refractivity contribution in [2.24, 2.45) is 0 Å². The van der Waals surface area contributed by atoms with E-state index in [4.69, 9.17) is 23.2 Å². The fraction of sp³-hybridized carbons (Fsp3) is 0.188. The maximum absolute atomic E-state index is 14.3. The van der Waals surface area contributed by atoms with Crippen LogP contribution >= 0.6 is 23.2 Å². The average molecular weight is 625 g/mol. The fourth-order valence-electron chi connectivity index (χ4n) is 4.55. The molecule has 0 aliphatic carbocycles. The van der Waals surface area contributed by atoms with Crippen LogP contribution in [0.1, 0.15) is 16.7 Å². The monoisotopic (exact) mass is 623 g/mol. The van der Waals surface area contributed by atoms with Crippen LogP contribution in [0.5, 0.6) is 0 Å². The third-order valence-corrected chi connectivity index (χ3v) is 9.00. The highest BCUT2D eigenvalue weighted by Gasteiger charge is 2.34. The lowest BCUT2D eigenvalue weighted by Crippen LogP contribution is -2.53. The second-order valence-corrected chi connectivity index (χ2v) is 12.5. The van der Waals surface area contributed by atoms with Gasteiger partial charge >= 0.3 is 0 Å². The lowest BCUT2D eigenvalue weighted by Gasteiger charge is -2.33. The van der Waals surface area contributed by atoms with E-state index in [1.54, 1.807) is 54.6 Å². The molecule has 1 N–H and O–H groups in total. The van der Waals surface area contributed by atoms with E-state index < -0.39 is 28.5 Å². The molecule has 4 rings (SSSR count). The molecule has 2 amide bonds. The number of aryl methyl sites for hydroxylation is 1. The maximum atomic E-state index is 14.3. The average Bonchev–Trinajstić information content (AvgIpc) is 2.98. The molecular weight excluding hydrogens is 593 g/mol. The zero-order chi connectivity index (χ0) is 30.3. The number of hydrogen-bond donors (Lipinski definition) is 1. The molecule has 42 heavy (non-hydrogen) atoms. The molecule has 10 heteroatoms. The molecule has 4 aromatic rings. The number of likely N-dealkylation sites (N-methyl/N-ethyl adjacent to an activating group) is 1. The molecule has 0 saturated heterocycles. The second-order valence-electron chi connectivity index (χ2n) is 9.78. The van der Waals surface area contributed by atoms with Crippen LogP contribution in [0, 0.1) is 6.92 Å². The molecule has 1 atom stereocenters. The van der Waals surface area contributed by atoms with Crippen molar-refractivity contribution in [3.63, 3.8) is 0 Å². The van der Waals surface area contributed by atoms with Crippen LogP contribution in [0.2, 0.25) is 10.0 Å². The van der Waals surface area contributed by atoms with Crippen molar-refractivity contribution >= 4 is 50.7 Å². The van der Waals surface area contributed by atoms with E-state index in [1.807, 2.05) is 37.3 Å². The summed E-state index contributed by atoms with van der Waals surface area (Å²) in [5, 5.41) is 3.45. The summed E-state index contributed by atoms with van der Waals surface area (Å²) < 4.78 is 29.0. The first-order valence-corrected chi connectivity index (χ1v) is 15.4. The van der Waals surface area contributed by atoms with Gasteiger partial charge in [0.2, 0.25) is 11.8 Å². The SMILES string of the molecule is CNC(=O)[C@@H](Cc1ccccc1)N(Cc1cccc(Cl)c1)C(=O)CN(c1cccc(Cl)c1)S(=O)(=O)c1ccc(C)cc1. The quantitative estimate of drug-likeness (QED) is 0.226. The number of benzene rings is 4. The van der Waals surface area contributed by atoms with Gasteiger partial charge in [0, 0.05) is 30.1 Å². The summed E-state index contributed by atoms with van der Waals surface area (Å²) in [5.74, 6) is -0.958. The molecule has 0 bridgehead atoms. The molecule has 0 heterocycles. The summed E-state index contributed by atoms with van der Waals surface area (Å²) in [7, 11) is -2.70. The van der Waals surface area contributed by atoms with Gasteiger partial charge in [-0.15, -0.1) is 0 Å². The van der Waals surface area contributed by atoms with Gasteiger partial charge in [0.05, 0.1) is 10.6 Å². The Morgan fingerprint density at radius 2 is 1.43 bits per heavy atom. The van der Waals surface area contributed by atoms with E-state index in [9.17, 15) is 18.0 Å². The fourth-order valence-corrected chi connectivity index (χ4v) is 6.35. The summed E-state index contributed by atoms with van der Waals surface area (Å²) >= 11 is 12.5. The number of amides is 2. The molecule has 0 fully saturated rings. The molecular formula is C32H31Cl2N3O4S. The van der Waals surface area contributed by atoms with Crippen molar-refractivity contribution in [3.8, 4) is 0 Å². The van der Waals surface area contributed by atoms with Crippen LogP contribution in [-0.4, -0.2) is 44.8 Å². The third kappa shape index (κ3) is 7.70. The number of anilines is 1. The van der Waals surface area contributed by atoms with Crippen LogP contribution in [0.15, 0.2) is 108 Å². The molecule has 7 nitrogen and oxygen atoms in total. The Balaban J connectivity index is 1.79. The predicted octanol–water partition coefficient (Wildman–Crippen LogP) is 5.88. The van der Waals surface area contributed by atoms with Crippen LogP contribution < -0.4 is 9.62 Å². The van der Waals surface area contributed by atoms with Gasteiger partial charge in [-0.1, -0.05) is 89.4 Å². The van der Waals surface area contributed by atoms with Crippen LogP contribution in [0.4, 0.5) is 5.69 Å². The van der Waals surface area contributed by atoms with Gasteiger partial charge in [-0.05, 0) is 60.5 Å². The van der Waals surface area contributed by atoms with Gasteiger partial charge in [0.25, 0.3) is 10.0 Å². The minimum absolute atomic E-state index is 0.0226. The van der Waals surface area contributed by atoms with Crippen molar-refractivity contribution < 1.29 is 18.0 Å². The Morgan fingerprint density at radius 1 is 0.810 bits per heavy atom. The van der Waals surface area contributed by atoms with Gasteiger partial charge in [-0.3, -0.25) is 13.9 Å². The lowest BCUT2D eigenvalue weighted by atomic mass is 10.0. The topological polar surface area (TPSA) is 86.8 Å². The Hall–Kier alpha value is -3.85. The maximum Gasteiger partial charge on any atom is 0.264 e. The summed E-state index contributed by atoms with van der Waals surface area (Å²) in [4.78, 5) is 29.0. The first-order valence-electron chi connectivity index (χ1n) is 13.2. The number of carbonyl (C=O) groups is 2. The number of nitrogens with zero attached hydrogens (tertiary/aromatic N) is 2. The first-order chi connectivity index (χ1) is 20.1. The number of halogens is 2. The minimum atomic E-state index is -4.20. The van der Waals surface area contributed by atoms with Crippen molar-refractivity contribution in [1.82, 2.24) is 10.2 Å². The molecule has 4 aromatic carbocycles. The van der Waals surface area contributed by atoms with E-state index in [0.717, 1.165) is 15.4 Å². The van der Waals surface area contributed by atoms with Gasteiger partial charge in [0.1, 0.15) is 12.6 Å². The molecule has 0 unspecified atom stereocenters. The third-order valence-electron chi connectivity index (χ3n) is 6.74. The molecule has 0 aromatic heterocycles. The van der Waals surface area contributed by atoms with Gasteiger partial charge < -0.3 is 10.2 Å². The van der Waals surface area contributed by atoms with Crippen molar-refractivity contribution in [1.29, 1.82) is 0 Å². The van der Waals surface area contributed by atoms with Crippen LogP contribution in [0.25, 0.3) is 0 Å². The van der Waals surface area contributed by atoms with Crippen LogP contribution in [0.3, 0.4) is 0 Å². The van der Waals surface area contributed by atoms with E-state index in [2.05, 4.69) is 5.32 Å². The Bertz CT molecular complexity index is 1650. The summed E-state index contributed by atoms with van der Waals surface area (Å²) in [6, 6.07) is 28.1. The number of sulfonamides is 1. The zero-order valence-electron chi connectivity index (χ0n) is 23.2. The molecule has 218 valence electrons. The Morgan fingerprint density at radius 3 is 2.05 bits per heavy atom. The lowest BCUT2D eigenvalue weighted by molar-refractivity contribution is -0.139. The molecule has 0 saturated carbocycles. The summed E-state index contributed by atoms with van der Waals surface area (Å²) in [5.41, 5.74) is 2.64. The highest BCUT2D eigenvalue weighted by atomic mass is 35.5. The van der Waals surface area contributed by atoms with Crippen LogP contribution in [-0.2, 0) is 32.6 Å². The summed E-state index contributed by atoms with van der Waals surface area (Å²) in [6.07, 6.45) is 0.217. The largest absolute Gasteiger partial charge is 0.357 e. The van der Waals surface area contributed by atoms with Crippen molar-refractivity contribution in [2.75, 3.05) is 17.9 Å². The number of rotatable bonds is 11. The number of carbonyl (C=O) groups excluding carboxylic acids is 2. The van der Waals surface area contributed by atoms with Crippen molar-refractivity contribution in [2.45, 2.75) is 30.8 Å². The zero-order valence-corrected chi connectivity index (χ0v) is 25.5. The van der Waals surface area contributed by atoms with Gasteiger partial charge in [-0.2, -0.15) is 0 Å². The molecule has 0 radical (unpaired) electrons. The van der Waals surface area contributed by atoms with E-state index >= 15 is 0 Å². The molecule has 0 spiro atoms. The number of hydrogen-bond acceptors (Lipinski definition) is 4. The van der Waals surface area contributed by atoms with Crippen molar-refractivity contribution in [3.05, 3.63) is 130 Å². The highest BCUT2D eigenvalue weighted by molar-refractivity contribution is 7.92. The van der Waals surface area contributed by atoms with E-state index in [1.165, 1.54) is 30.1 Å². The Labute approximate surface area is 256 Å². The normalized spacial score (nSPS) is 11.9. The second kappa shape index (κ2) is 13.9. The molecule has 0 aliphatic rings. The van der Waals surface area contributed by atoms with E-state index in [-0.39, 0.29) is 29.5 Å². The predicted molar refractivity (Wildman–Crippen MR) is 167 cm³/mol. The van der Waals surface area contributed by atoms with Gasteiger partial charge in [-0.25, -0.2) is 8.42 Å². The minimum Gasteiger partial charge on any atom is -0.357 e. The smallest absolute Gasteiger partial charge is 0.264 e. The van der Waals surface area contributed by atoms with Gasteiger partial charge in [0.15, 0.2) is 0 Å². The standard InChI is InChI=1S/C32H31Cl2N3O4S/c1-23-14-16-29(17-15-23)42(40,41)37(28-13-7-12-27(34)20-28)22-31(38)36(21-25-10-6-11-26(33)18-25)30(32(39)35-2)19-24-8-4-3-5-9-24/h3-18,20,30H,19,21-22H2,1-2H3,(H,35,39)/t30-/m1/s1. The first kappa shape index (κ1) is 31.1. The Kier molecular flexibility index (Phi) is 10.3. The highest BCUT2D eigenvalue weighted by Crippen LogP contribution is 2.27. The summed E-state index contributed by atoms with van der Waals surface area (Å²) in [6.45, 7) is 1.31. The molecule has 0 aliphatic heterocycles. The van der Waals surface area contributed by atoms with E-state index in [0.29, 0.717) is 15.6 Å². The number of nitrogens with one attached hydrogen (secondary N) is 1.